The van der Waals surface area contributed by atoms with E-state index >= 15 is 0 Å². The Kier molecular flexibility index (Phi) is 3.58. The minimum Gasteiger partial charge on any atom is -0.504 e. The van der Waals surface area contributed by atoms with Crippen LogP contribution in [0.15, 0.2) is 18.2 Å². The molecule has 0 aliphatic heterocycles. The van der Waals surface area contributed by atoms with Crippen LogP contribution < -0.4 is 4.74 Å². The zero-order valence-electron chi connectivity index (χ0n) is 10.0. The Hall–Kier alpha value is -1.51. The van der Waals surface area contributed by atoms with E-state index in [1.54, 1.807) is 13.0 Å². The average molecular weight is 224 g/mol. The van der Waals surface area contributed by atoms with E-state index in [0.29, 0.717) is 0 Å². The monoisotopic (exact) mass is 224 g/mol. The Morgan fingerprint density at radius 3 is 2.50 bits per heavy atom. The molecule has 88 valence electrons. The zero-order valence-corrected chi connectivity index (χ0v) is 10.0. The van der Waals surface area contributed by atoms with Crippen LogP contribution in [0.5, 0.6) is 11.5 Å². The van der Waals surface area contributed by atoms with Gasteiger partial charge in [0.2, 0.25) is 5.85 Å². The Morgan fingerprint density at radius 2 is 2.00 bits per heavy atom. The third-order valence-electron chi connectivity index (χ3n) is 2.12. The number of hydrogen-bond acceptors (Lipinski definition) is 2. The Bertz CT molecular complexity index is 403. The molecule has 2 nitrogen and oxygen atoms in total. The first-order valence-corrected chi connectivity index (χ1v) is 5.18. The van der Waals surface area contributed by atoms with Gasteiger partial charge in [-0.05, 0) is 25.5 Å². The van der Waals surface area contributed by atoms with E-state index in [-0.39, 0.29) is 11.5 Å². The molecule has 0 bridgehead atoms. The second-order valence-corrected chi connectivity index (χ2v) is 4.09. The maximum Gasteiger partial charge on any atom is 0.243 e. The number of alkyl halides is 1. The molecular formula is C13H17FO2. The van der Waals surface area contributed by atoms with Gasteiger partial charge in [-0.15, -0.1) is 0 Å². The van der Waals surface area contributed by atoms with Crippen molar-refractivity contribution in [3.05, 3.63) is 29.3 Å². The molecule has 1 N–H and O–H groups in total. The van der Waals surface area contributed by atoms with Crippen LogP contribution in [-0.4, -0.2) is 11.0 Å². The summed E-state index contributed by atoms with van der Waals surface area (Å²) in [5.41, 5.74) is 1.63. The van der Waals surface area contributed by atoms with Gasteiger partial charge in [0.25, 0.3) is 0 Å². The van der Waals surface area contributed by atoms with Crippen LogP contribution in [0.1, 0.15) is 31.9 Å². The molecule has 0 fully saturated rings. The van der Waals surface area contributed by atoms with Gasteiger partial charge in [-0.1, -0.05) is 18.2 Å². The number of ether oxygens (including phenoxy) is 1. The minimum absolute atomic E-state index is 0.0449. The van der Waals surface area contributed by atoms with Crippen LogP contribution >= 0.6 is 0 Å². The summed E-state index contributed by atoms with van der Waals surface area (Å²) < 4.78 is 18.5. The van der Waals surface area contributed by atoms with Gasteiger partial charge >= 0.3 is 0 Å². The molecule has 1 aromatic carbocycles. The van der Waals surface area contributed by atoms with Crippen molar-refractivity contribution < 1.29 is 14.2 Å². The second-order valence-electron chi connectivity index (χ2n) is 4.09. The molecule has 16 heavy (non-hydrogen) atoms. The number of halogens is 1. The lowest BCUT2D eigenvalue weighted by molar-refractivity contribution is -0.0280. The van der Waals surface area contributed by atoms with Gasteiger partial charge in [-0.25, -0.2) is 0 Å². The highest BCUT2D eigenvalue weighted by Gasteiger charge is 2.21. The molecule has 0 aromatic heterocycles. The van der Waals surface area contributed by atoms with Crippen LogP contribution in [0.4, 0.5) is 4.39 Å². The largest absolute Gasteiger partial charge is 0.504 e. The summed E-state index contributed by atoms with van der Waals surface area (Å²) in [5.74, 6) is -1.66. The number of rotatable bonds is 3. The van der Waals surface area contributed by atoms with Crippen LogP contribution in [0, 0.1) is 6.92 Å². The fourth-order valence-electron chi connectivity index (χ4n) is 1.42. The van der Waals surface area contributed by atoms with Gasteiger partial charge in [0, 0.05) is 19.4 Å². The lowest BCUT2D eigenvalue weighted by Crippen LogP contribution is -2.21. The van der Waals surface area contributed by atoms with Gasteiger partial charge in [0.15, 0.2) is 11.5 Å². The zero-order chi connectivity index (χ0) is 12.3. The summed E-state index contributed by atoms with van der Waals surface area (Å²) in [6.45, 7) is 6.28. The molecule has 0 atom stereocenters. The summed E-state index contributed by atoms with van der Waals surface area (Å²) in [6.07, 6.45) is 3.76. The first-order chi connectivity index (χ1) is 7.35. The molecule has 0 radical (unpaired) electrons. The van der Waals surface area contributed by atoms with Gasteiger partial charge in [-0.3, -0.25) is 0 Å². The first kappa shape index (κ1) is 12.6. The molecule has 0 saturated carbocycles. The molecule has 0 aliphatic carbocycles. The van der Waals surface area contributed by atoms with Crippen molar-refractivity contribution in [2.24, 2.45) is 0 Å². The Balaban J connectivity index is 3.21. The van der Waals surface area contributed by atoms with Crippen LogP contribution in [-0.2, 0) is 0 Å². The Labute approximate surface area is 95.4 Å². The maximum absolute atomic E-state index is 13.4. The summed E-state index contributed by atoms with van der Waals surface area (Å²) in [4.78, 5) is 0. The molecule has 3 heteroatoms. The van der Waals surface area contributed by atoms with E-state index < -0.39 is 5.85 Å². The maximum atomic E-state index is 13.4. The van der Waals surface area contributed by atoms with E-state index in [1.807, 2.05) is 19.1 Å². The molecule has 0 saturated heterocycles. The van der Waals surface area contributed by atoms with Crippen molar-refractivity contribution in [3.8, 4) is 11.5 Å². The third-order valence-corrected chi connectivity index (χ3v) is 2.12. The lowest BCUT2D eigenvalue weighted by atomic mass is 10.1. The predicted octanol–water partition coefficient (Wildman–Crippen LogP) is 3.82. The van der Waals surface area contributed by atoms with Crippen LogP contribution in [0.3, 0.4) is 0 Å². The summed E-state index contributed by atoms with van der Waals surface area (Å²) in [7, 11) is 0. The number of aromatic hydroxyl groups is 1. The smallest absolute Gasteiger partial charge is 0.243 e. The number of phenols is 1. The SMILES string of the molecule is C/C=C\c1ccc(O)c(OC(C)(C)F)c1C. The van der Waals surface area contributed by atoms with E-state index in [1.165, 1.54) is 19.9 Å². The molecule has 0 heterocycles. The third kappa shape index (κ3) is 2.99. The number of benzene rings is 1. The highest BCUT2D eigenvalue weighted by atomic mass is 19.2. The van der Waals surface area contributed by atoms with Gasteiger partial charge in [0.05, 0.1) is 0 Å². The molecule has 0 unspecified atom stereocenters. The van der Waals surface area contributed by atoms with Gasteiger partial charge < -0.3 is 9.84 Å². The number of allylic oxidation sites excluding steroid dienone is 1. The summed E-state index contributed by atoms with van der Waals surface area (Å²) in [6, 6.07) is 3.27. The van der Waals surface area contributed by atoms with Crippen LogP contribution in [0.25, 0.3) is 6.08 Å². The Morgan fingerprint density at radius 1 is 1.38 bits per heavy atom. The predicted molar refractivity (Wildman–Crippen MR) is 63.4 cm³/mol. The molecule has 0 spiro atoms. The van der Waals surface area contributed by atoms with Crippen molar-refractivity contribution in [2.75, 3.05) is 0 Å². The second kappa shape index (κ2) is 4.56. The minimum atomic E-state index is -1.81. The van der Waals surface area contributed by atoms with Gasteiger partial charge in [0.1, 0.15) is 0 Å². The van der Waals surface area contributed by atoms with Gasteiger partial charge in [-0.2, -0.15) is 4.39 Å². The quantitative estimate of drug-likeness (QED) is 0.845. The van der Waals surface area contributed by atoms with E-state index in [2.05, 4.69) is 0 Å². The van der Waals surface area contributed by atoms with E-state index in [4.69, 9.17) is 4.74 Å². The van der Waals surface area contributed by atoms with Crippen molar-refractivity contribution in [1.82, 2.24) is 0 Å². The summed E-state index contributed by atoms with van der Waals surface area (Å²) in [5, 5.41) is 9.63. The molecule has 1 rings (SSSR count). The molecule has 0 amide bonds. The van der Waals surface area contributed by atoms with Crippen molar-refractivity contribution >= 4 is 6.08 Å². The van der Waals surface area contributed by atoms with Crippen molar-refractivity contribution in [3.63, 3.8) is 0 Å². The average Bonchev–Trinajstić information content (AvgIpc) is 2.16. The highest BCUT2D eigenvalue weighted by molar-refractivity contribution is 5.61. The number of hydrogen-bond donors (Lipinski definition) is 1. The standard InChI is InChI=1S/C13H17FO2/c1-5-6-10-7-8-11(15)12(9(10)2)16-13(3,4)14/h5-8,15H,1-4H3/b6-5-. The van der Waals surface area contributed by atoms with Crippen molar-refractivity contribution in [2.45, 2.75) is 33.5 Å². The summed E-state index contributed by atoms with van der Waals surface area (Å²) >= 11 is 0. The fourth-order valence-corrected chi connectivity index (χ4v) is 1.42. The highest BCUT2D eigenvalue weighted by Crippen LogP contribution is 2.35. The van der Waals surface area contributed by atoms with E-state index in [9.17, 15) is 9.50 Å². The lowest BCUT2D eigenvalue weighted by Gasteiger charge is -2.20. The number of phenolic OH excluding ortho intramolecular Hbond substituents is 1. The fraction of sp³-hybridized carbons (Fsp3) is 0.385. The molecule has 0 aliphatic rings. The first-order valence-electron chi connectivity index (χ1n) is 5.18. The molecule has 1 aromatic rings. The van der Waals surface area contributed by atoms with Crippen molar-refractivity contribution in [1.29, 1.82) is 0 Å². The topological polar surface area (TPSA) is 29.5 Å². The normalized spacial score (nSPS) is 12.1. The van der Waals surface area contributed by atoms with E-state index in [0.717, 1.165) is 11.1 Å². The molecular weight excluding hydrogens is 207 g/mol. The van der Waals surface area contributed by atoms with Crippen LogP contribution in [0.2, 0.25) is 0 Å².